The fourth-order valence-electron chi connectivity index (χ4n) is 4.40. The van der Waals surface area contributed by atoms with E-state index in [1.807, 2.05) is 20.0 Å². The average molecular weight is 466 g/mol. The van der Waals surface area contributed by atoms with Crippen LogP contribution in [0.1, 0.15) is 54.0 Å². The molecule has 34 heavy (non-hydrogen) atoms. The van der Waals surface area contributed by atoms with Gasteiger partial charge in [0.2, 0.25) is 5.91 Å². The number of hydrogen-bond acceptors (Lipinski definition) is 6. The Labute approximate surface area is 198 Å². The van der Waals surface area contributed by atoms with Crippen LogP contribution >= 0.6 is 0 Å². The third kappa shape index (κ3) is 5.47. The van der Waals surface area contributed by atoms with Gasteiger partial charge in [0.1, 0.15) is 24.1 Å². The van der Waals surface area contributed by atoms with Gasteiger partial charge in [0.25, 0.3) is 5.91 Å². The third-order valence-electron chi connectivity index (χ3n) is 6.24. The summed E-state index contributed by atoms with van der Waals surface area (Å²) in [6.07, 6.45) is 6.80. The summed E-state index contributed by atoms with van der Waals surface area (Å²) in [4.78, 5) is 29.7. The Morgan fingerprint density at radius 3 is 2.65 bits per heavy atom. The Balaban J connectivity index is 1.39. The number of nitrogens with one attached hydrogen (secondary N) is 2. The van der Waals surface area contributed by atoms with E-state index in [1.54, 1.807) is 42.2 Å². The van der Waals surface area contributed by atoms with Crippen LogP contribution in [-0.4, -0.2) is 39.7 Å². The zero-order valence-corrected chi connectivity index (χ0v) is 19.8. The molecule has 3 aromatic rings. The van der Waals surface area contributed by atoms with Gasteiger partial charge < -0.3 is 19.8 Å². The predicted molar refractivity (Wildman–Crippen MR) is 126 cm³/mol. The van der Waals surface area contributed by atoms with Crippen LogP contribution in [0.2, 0.25) is 0 Å². The molecule has 1 fully saturated rings. The summed E-state index contributed by atoms with van der Waals surface area (Å²) >= 11 is 0. The number of aryl methyl sites for hydroxylation is 2. The molecule has 9 heteroatoms. The molecule has 0 saturated heterocycles. The SMILES string of the molecule is CNC(=O)[C@@H](NC(=O)c1ccc(-c2ccc(OCc3cc(C)nn3C)cn2)o1)C1CCCCC1. The van der Waals surface area contributed by atoms with E-state index in [1.165, 1.54) is 6.42 Å². The van der Waals surface area contributed by atoms with Crippen molar-refractivity contribution >= 4 is 11.8 Å². The van der Waals surface area contributed by atoms with Crippen molar-refractivity contribution in [2.75, 3.05) is 7.05 Å². The topological polar surface area (TPSA) is 111 Å². The van der Waals surface area contributed by atoms with Gasteiger partial charge in [-0.05, 0) is 56.0 Å². The molecule has 0 spiro atoms. The van der Waals surface area contributed by atoms with Crippen molar-refractivity contribution < 1.29 is 18.7 Å². The number of carbonyl (C=O) groups is 2. The summed E-state index contributed by atoms with van der Waals surface area (Å²) in [5.74, 6) is 0.786. The molecule has 0 unspecified atom stereocenters. The minimum Gasteiger partial charge on any atom is -0.486 e. The number of nitrogens with zero attached hydrogens (tertiary/aromatic N) is 3. The minimum absolute atomic E-state index is 0.136. The molecule has 2 N–H and O–H groups in total. The lowest BCUT2D eigenvalue weighted by atomic mass is 9.83. The number of ether oxygens (including phenoxy) is 1. The van der Waals surface area contributed by atoms with E-state index < -0.39 is 11.9 Å². The number of amides is 2. The summed E-state index contributed by atoms with van der Waals surface area (Å²) in [7, 11) is 3.47. The van der Waals surface area contributed by atoms with E-state index in [2.05, 4.69) is 20.7 Å². The quantitative estimate of drug-likeness (QED) is 0.528. The Bertz CT molecular complexity index is 1130. The summed E-state index contributed by atoms with van der Waals surface area (Å²) in [5, 5.41) is 9.85. The molecule has 1 aliphatic carbocycles. The molecule has 0 aliphatic heterocycles. The number of furan rings is 1. The van der Waals surface area contributed by atoms with Gasteiger partial charge in [0, 0.05) is 14.1 Å². The van der Waals surface area contributed by atoms with E-state index >= 15 is 0 Å². The molecule has 9 nitrogen and oxygen atoms in total. The van der Waals surface area contributed by atoms with Gasteiger partial charge in [0.15, 0.2) is 11.5 Å². The van der Waals surface area contributed by atoms with E-state index in [4.69, 9.17) is 9.15 Å². The molecule has 0 aromatic carbocycles. The summed E-state index contributed by atoms with van der Waals surface area (Å²) in [6, 6.07) is 8.29. The second kappa shape index (κ2) is 10.5. The van der Waals surface area contributed by atoms with Gasteiger partial charge in [-0.1, -0.05) is 19.3 Å². The first-order chi connectivity index (χ1) is 16.4. The Hall–Kier alpha value is -3.62. The third-order valence-corrected chi connectivity index (χ3v) is 6.24. The molecule has 1 aliphatic rings. The molecule has 3 heterocycles. The van der Waals surface area contributed by atoms with Crippen molar-refractivity contribution in [1.82, 2.24) is 25.4 Å². The first kappa shape index (κ1) is 23.5. The number of hydrogen-bond donors (Lipinski definition) is 2. The summed E-state index contributed by atoms with van der Waals surface area (Å²) in [5.41, 5.74) is 2.48. The van der Waals surface area contributed by atoms with Crippen molar-refractivity contribution in [1.29, 1.82) is 0 Å². The van der Waals surface area contributed by atoms with Gasteiger partial charge in [-0.25, -0.2) is 4.98 Å². The summed E-state index contributed by atoms with van der Waals surface area (Å²) in [6.45, 7) is 2.32. The van der Waals surface area contributed by atoms with E-state index in [9.17, 15) is 9.59 Å². The van der Waals surface area contributed by atoms with Crippen LogP contribution in [0.15, 0.2) is 40.9 Å². The highest BCUT2D eigenvalue weighted by molar-refractivity contribution is 5.96. The maximum atomic E-state index is 12.8. The number of likely N-dealkylation sites (N-methyl/N-ethyl adjacent to an activating group) is 1. The normalized spacial score (nSPS) is 15.0. The number of rotatable bonds is 8. The van der Waals surface area contributed by atoms with Crippen molar-refractivity contribution in [2.45, 2.75) is 51.7 Å². The van der Waals surface area contributed by atoms with Gasteiger partial charge in [-0.3, -0.25) is 14.3 Å². The molecule has 180 valence electrons. The first-order valence-electron chi connectivity index (χ1n) is 11.7. The maximum Gasteiger partial charge on any atom is 0.287 e. The van der Waals surface area contributed by atoms with Crippen molar-refractivity contribution in [3.8, 4) is 17.2 Å². The maximum absolute atomic E-state index is 12.8. The fourth-order valence-corrected chi connectivity index (χ4v) is 4.40. The lowest BCUT2D eigenvalue weighted by Gasteiger charge is -2.29. The van der Waals surface area contributed by atoms with Crippen LogP contribution in [0.3, 0.4) is 0 Å². The van der Waals surface area contributed by atoms with Gasteiger partial charge in [-0.15, -0.1) is 0 Å². The second-order valence-corrected chi connectivity index (χ2v) is 8.70. The first-order valence-corrected chi connectivity index (χ1v) is 11.7. The molecule has 1 atom stereocenters. The van der Waals surface area contributed by atoms with Gasteiger partial charge in [-0.2, -0.15) is 5.10 Å². The van der Waals surface area contributed by atoms with Crippen molar-refractivity contribution in [3.05, 3.63) is 53.7 Å². The van der Waals surface area contributed by atoms with E-state index in [0.29, 0.717) is 23.8 Å². The highest BCUT2D eigenvalue weighted by Gasteiger charge is 2.31. The van der Waals surface area contributed by atoms with Gasteiger partial charge >= 0.3 is 0 Å². The van der Waals surface area contributed by atoms with Crippen LogP contribution < -0.4 is 15.4 Å². The number of pyridine rings is 1. The Morgan fingerprint density at radius 2 is 2.00 bits per heavy atom. The zero-order valence-electron chi connectivity index (χ0n) is 19.8. The largest absolute Gasteiger partial charge is 0.486 e. The number of aromatic nitrogens is 3. The molecular weight excluding hydrogens is 434 g/mol. The highest BCUT2D eigenvalue weighted by atomic mass is 16.5. The lowest BCUT2D eigenvalue weighted by Crippen LogP contribution is -2.50. The zero-order chi connectivity index (χ0) is 24.1. The standard InChI is InChI=1S/C25H31N5O4/c1-16-13-18(30(3)29-16)15-33-19-9-10-20(27-14-19)21-11-12-22(34-21)24(31)28-23(25(32)26-2)17-7-5-4-6-8-17/h9-14,17,23H,4-8,15H2,1-3H3,(H,26,32)(H,28,31)/t23-/m0/s1. The van der Waals surface area contributed by atoms with Crippen LogP contribution in [0.5, 0.6) is 5.75 Å². The number of carbonyl (C=O) groups excluding carboxylic acids is 2. The molecule has 0 radical (unpaired) electrons. The highest BCUT2D eigenvalue weighted by Crippen LogP contribution is 2.27. The molecule has 0 bridgehead atoms. The lowest BCUT2D eigenvalue weighted by molar-refractivity contribution is -0.124. The van der Waals surface area contributed by atoms with Crippen LogP contribution in [0.4, 0.5) is 0 Å². The van der Waals surface area contributed by atoms with E-state index in [0.717, 1.165) is 37.1 Å². The molecule has 3 aromatic heterocycles. The van der Waals surface area contributed by atoms with Crippen LogP contribution in [0, 0.1) is 12.8 Å². The minimum atomic E-state index is -0.566. The van der Waals surface area contributed by atoms with Crippen molar-refractivity contribution in [2.24, 2.45) is 13.0 Å². The fraction of sp³-hybridized carbons (Fsp3) is 0.440. The second-order valence-electron chi connectivity index (χ2n) is 8.70. The van der Waals surface area contributed by atoms with Crippen LogP contribution in [0.25, 0.3) is 11.5 Å². The Morgan fingerprint density at radius 1 is 1.21 bits per heavy atom. The predicted octanol–water partition coefficient (Wildman–Crippen LogP) is 3.39. The monoisotopic (exact) mass is 465 g/mol. The molecule has 4 rings (SSSR count). The average Bonchev–Trinajstić information content (AvgIpc) is 3.47. The smallest absolute Gasteiger partial charge is 0.287 e. The Kier molecular flexibility index (Phi) is 7.30. The summed E-state index contributed by atoms with van der Waals surface area (Å²) < 4.78 is 13.3. The van der Waals surface area contributed by atoms with Crippen molar-refractivity contribution in [3.63, 3.8) is 0 Å². The molecule has 2 amide bonds. The van der Waals surface area contributed by atoms with Crippen LogP contribution in [-0.2, 0) is 18.4 Å². The molecule has 1 saturated carbocycles. The van der Waals surface area contributed by atoms with Gasteiger partial charge in [0.05, 0.1) is 17.6 Å². The molecular formula is C25H31N5O4. The van der Waals surface area contributed by atoms with E-state index in [-0.39, 0.29) is 17.6 Å².